The van der Waals surface area contributed by atoms with Crippen LogP contribution in [0.1, 0.15) is 64.5 Å². The first-order valence-electron chi connectivity index (χ1n) is 7.32. The number of hydrogen-bond acceptors (Lipinski definition) is 3. The van der Waals surface area contributed by atoms with E-state index < -0.39 is 0 Å². The molecule has 1 aromatic carbocycles. The van der Waals surface area contributed by atoms with Gasteiger partial charge < -0.3 is 15.5 Å². The van der Waals surface area contributed by atoms with Crippen molar-refractivity contribution in [3.05, 3.63) is 23.8 Å². The maximum absolute atomic E-state index is 9.49. The molecule has 0 heterocycles. The van der Waals surface area contributed by atoms with E-state index in [-0.39, 0.29) is 17.5 Å². The molecule has 19 heavy (non-hydrogen) atoms. The molecule has 0 saturated heterocycles. The molecule has 1 rings (SSSR count). The van der Waals surface area contributed by atoms with E-state index in [0.717, 1.165) is 12.0 Å². The van der Waals surface area contributed by atoms with Gasteiger partial charge in [0.1, 0.15) is 11.5 Å². The molecule has 2 unspecified atom stereocenters. The molecule has 0 aromatic heterocycles. The van der Waals surface area contributed by atoms with Gasteiger partial charge in [-0.1, -0.05) is 32.6 Å². The molecule has 0 bridgehead atoms. The first kappa shape index (κ1) is 15.8. The lowest BCUT2D eigenvalue weighted by Gasteiger charge is -2.20. The number of benzene rings is 1. The van der Waals surface area contributed by atoms with Gasteiger partial charge in [0.15, 0.2) is 0 Å². The smallest absolute Gasteiger partial charge is 0.119 e. The molecule has 3 N–H and O–H groups in total. The highest BCUT2D eigenvalue weighted by Gasteiger charge is 2.11. The third kappa shape index (κ3) is 5.97. The van der Waals surface area contributed by atoms with Gasteiger partial charge in [-0.15, -0.1) is 0 Å². The van der Waals surface area contributed by atoms with Gasteiger partial charge >= 0.3 is 0 Å². The van der Waals surface area contributed by atoms with Gasteiger partial charge in [0.2, 0.25) is 0 Å². The molecule has 0 aliphatic carbocycles. The SMILES string of the molecule is CCCCCCC(C)NC(C)c1cc(O)cc(O)c1. The molecule has 2 atom stereocenters. The highest BCUT2D eigenvalue weighted by atomic mass is 16.3. The molecule has 0 fully saturated rings. The Hall–Kier alpha value is -1.22. The average molecular weight is 265 g/mol. The van der Waals surface area contributed by atoms with Crippen LogP contribution in [0.3, 0.4) is 0 Å². The van der Waals surface area contributed by atoms with Crippen molar-refractivity contribution in [2.75, 3.05) is 0 Å². The van der Waals surface area contributed by atoms with Crippen LogP contribution < -0.4 is 5.32 Å². The number of aromatic hydroxyl groups is 2. The van der Waals surface area contributed by atoms with Crippen LogP contribution in [0.2, 0.25) is 0 Å². The number of phenolic OH excluding ortho intramolecular Hbond substituents is 2. The van der Waals surface area contributed by atoms with E-state index in [0.29, 0.717) is 6.04 Å². The topological polar surface area (TPSA) is 52.5 Å². The summed E-state index contributed by atoms with van der Waals surface area (Å²) in [4.78, 5) is 0. The second kappa shape index (κ2) is 8.05. The Labute approximate surface area is 116 Å². The van der Waals surface area contributed by atoms with Crippen LogP contribution in [0.15, 0.2) is 18.2 Å². The van der Waals surface area contributed by atoms with Gasteiger partial charge in [0, 0.05) is 18.2 Å². The average Bonchev–Trinajstić information content (AvgIpc) is 2.33. The summed E-state index contributed by atoms with van der Waals surface area (Å²) < 4.78 is 0. The van der Waals surface area contributed by atoms with Crippen molar-refractivity contribution in [1.82, 2.24) is 5.32 Å². The summed E-state index contributed by atoms with van der Waals surface area (Å²) in [6.07, 6.45) is 6.28. The molecule has 0 radical (unpaired) electrons. The van der Waals surface area contributed by atoms with Gasteiger partial charge in [0.05, 0.1) is 0 Å². The summed E-state index contributed by atoms with van der Waals surface area (Å²) in [5.41, 5.74) is 0.915. The fourth-order valence-corrected chi connectivity index (χ4v) is 2.35. The lowest BCUT2D eigenvalue weighted by Crippen LogP contribution is -2.28. The van der Waals surface area contributed by atoms with Crippen LogP contribution in [0.25, 0.3) is 0 Å². The quantitative estimate of drug-likeness (QED) is 0.620. The van der Waals surface area contributed by atoms with Crippen molar-refractivity contribution in [2.24, 2.45) is 0 Å². The summed E-state index contributed by atoms with van der Waals surface area (Å²) >= 11 is 0. The number of phenols is 2. The van der Waals surface area contributed by atoms with Crippen LogP contribution >= 0.6 is 0 Å². The molecule has 0 saturated carbocycles. The fourth-order valence-electron chi connectivity index (χ4n) is 2.35. The lowest BCUT2D eigenvalue weighted by atomic mass is 10.0. The highest BCUT2D eigenvalue weighted by Crippen LogP contribution is 2.25. The molecule has 0 amide bonds. The van der Waals surface area contributed by atoms with Crippen LogP contribution in [0, 0.1) is 0 Å². The summed E-state index contributed by atoms with van der Waals surface area (Å²) in [6, 6.07) is 5.31. The largest absolute Gasteiger partial charge is 0.508 e. The molecular formula is C16H27NO2. The van der Waals surface area contributed by atoms with Gasteiger partial charge in [0.25, 0.3) is 0 Å². The minimum atomic E-state index is 0.110. The Bertz CT molecular complexity index is 359. The zero-order valence-electron chi connectivity index (χ0n) is 12.3. The third-order valence-corrected chi connectivity index (χ3v) is 3.45. The van der Waals surface area contributed by atoms with Crippen LogP contribution in [-0.2, 0) is 0 Å². The van der Waals surface area contributed by atoms with E-state index in [1.54, 1.807) is 12.1 Å². The van der Waals surface area contributed by atoms with Gasteiger partial charge in [-0.2, -0.15) is 0 Å². The van der Waals surface area contributed by atoms with Crippen molar-refractivity contribution >= 4 is 0 Å². The second-order valence-corrected chi connectivity index (χ2v) is 5.42. The maximum Gasteiger partial charge on any atom is 0.119 e. The van der Waals surface area contributed by atoms with Gasteiger partial charge in [-0.25, -0.2) is 0 Å². The van der Waals surface area contributed by atoms with Crippen molar-refractivity contribution in [2.45, 2.75) is 65.0 Å². The van der Waals surface area contributed by atoms with Crippen LogP contribution in [0.5, 0.6) is 11.5 Å². The first-order valence-corrected chi connectivity index (χ1v) is 7.32. The minimum absolute atomic E-state index is 0.110. The monoisotopic (exact) mass is 265 g/mol. The zero-order valence-corrected chi connectivity index (χ0v) is 12.3. The molecule has 0 aliphatic rings. The number of nitrogens with one attached hydrogen (secondary N) is 1. The first-order chi connectivity index (χ1) is 9.02. The van der Waals surface area contributed by atoms with Crippen LogP contribution in [-0.4, -0.2) is 16.3 Å². The highest BCUT2D eigenvalue weighted by molar-refractivity contribution is 5.37. The predicted molar refractivity (Wildman–Crippen MR) is 79.5 cm³/mol. The molecular weight excluding hydrogens is 238 g/mol. The molecule has 3 heteroatoms. The Morgan fingerprint density at radius 3 is 2.21 bits per heavy atom. The van der Waals surface area contributed by atoms with Gasteiger partial charge in [-0.3, -0.25) is 0 Å². The predicted octanol–water partition coefficient (Wildman–Crippen LogP) is 4.11. The lowest BCUT2D eigenvalue weighted by molar-refractivity contribution is 0.426. The normalized spacial score (nSPS) is 14.3. The molecule has 0 aliphatic heterocycles. The summed E-state index contributed by atoms with van der Waals surface area (Å²) in [5.74, 6) is 0.221. The third-order valence-electron chi connectivity index (χ3n) is 3.45. The summed E-state index contributed by atoms with van der Waals surface area (Å²) in [6.45, 7) is 6.46. The van der Waals surface area contributed by atoms with Crippen molar-refractivity contribution in [3.8, 4) is 11.5 Å². The number of hydrogen-bond donors (Lipinski definition) is 3. The molecule has 1 aromatic rings. The van der Waals surface area contributed by atoms with E-state index in [9.17, 15) is 10.2 Å². The molecule has 3 nitrogen and oxygen atoms in total. The van der Waals surface area contributed by atoms with Crippen molar-refractivity contribution in [3.63, 3.8) is 0 Å². The Kier molecular flexibility index (Phi) is 6.71. The number of unbranched alkanes of at least 4 members (excludes halogenated alkanes) is 3. The standard InChI is InChI=1S/C16H27NO2/c1-4-5-6-7-8-12(2)17-13(3)14-9-15(18)11-16(19)10-14/h9-13,17-19H,4-8H2,1-3H3. The maximum atomic E-state index is 9.49. The van der Waals surface area contributed by atoms with E-state index in [1.807, 2.05) is 0 Å². The number of rotatable bonds is 8. The van der Waals surface area contributed by atoms with E-state index in [1.165, 1.54) is 31.7 Å². The Balaban J connectivity index is 2.42. The zero-order chi connectivity index (χ0) is 14.3. The van der Waals surface area contributed by atoms with E-state index >= 15 is 0 Å². The van der Waals surface area contributed by atoms with Gasteiger partial charge in [-0.05, 0) is 38.0 Å². The Morgan fingerprint density at radius 1 is 1.00 bits per heavy atom. The Morgan fingerprint density at radius 2 is 1.63 bits per heavy atom. The van der Waals surface area contributed by atoms with Crippen molar-refractivity contribution < 1.29 is 10.2 Å². The van der Waals surface area contributed by atoms with E-state index in [4.69, 9.17) is 0 Å². The molecule has 0 spiro atoms. The second-order valence-electron chi connectivity index (χ2n) is 5.42. The summed E-state index contributed by atoms with van der Waals surface area (Å²) in [7, 11) is 0. The van der Waals surface area contributed by atoms with E-state index in [2.05, 4.69) is 26.1 Å². The van der Waals surface area contributed by atoms with Crippen LogP contribution in [0.4, 0.5) is 0 Å². The molecule has 108 valence electrons. The summed E-state index contributed by atoms with van der Waals surface area (Å²) in [5, 5.41) is 22.5. The fraction of sp³-hybridized carbons (Fsp3) is 0.625. The van der Waals surface area contributed by atoms with Crippen molar-refractivity contribution in [1.29, 1.82) is 0 Å². The minimum Gasteiger partial charge on any atom is -0.508 e.